The highest BCUT2D eigenvalue weighted by Gasteiger charge is 2.26. The number of rotatable bonds is 5. The van der Waals surface area contributed by atoms with Gasteiger partial charge in [0.05, 0.1) is 18.2 Å². The summed E-state index contributed by atoms with van der Waals surface area (Å²) in [6.45, 7) is 2.55. The van der Waals surface area contributed by atoms with Crippen LogP contribution in [0, 0.1) is 5.82 Å². The molecule has 0 saturated carbocycles. The molecule has 0 radical (unpaired) electrons. The smallest absolute Gasteiger partial charge is 0.225 e. The van der Waals surface area contributed by atoms with Gasteiger partial charge in [0.15, 0.2) is 0 Å². The average Bonchev–Trinajstić information content (AvgIpc) is 3.41. The number of thiophene rings is 1. The molecule has 0 spiro atoms. The SMILES string of the molecule is O=C(CC(c1cccs1)n1cccc1)N1CCN(c2ccccc2F)CC1. The molecule has 4 nitrogen and oxygen atoms in total. The van der Waals surface area contributed by atoms with Crippen molar-refractivity contribution in [2.75, 3.05) is 31.1 Å². The number of aromatic nitrogens is 1. The molecular weight excluding hydrogens is 361 g/mol. The highest BCUT2D eigenvalue weighted by Crippen LogP contribution is 2.28. The van der Waals surface area contributed by atoms with Gasteiger partial charge in [-0.25, -0.2) is 4.39 Å². The van der Waals surface area contributed by atoms with Crippen molar-refractivity contribution in [3.05, 3.63) is 77.0 Å². The normalized spacial score (nSPS) is 15.7. The first-order valence-electron chi connectivity index (χ1n) is 9.15. The fourth-order valence-corrected chi connectivity index (χ4v) is 4.42. The summed E-state index contributed by atoms with van der Waals surface area (Å²) in [6, 6.07) is 14.9. The quantitative estimate of drug-likeness (QED) is 0.666. The van der Waals surface area contributed by atoms with Gasteiger partial charge in [-0.15, -0.1) is 11.3 Å². The van der Waals surface area contributed by atoms with Gasteiger partial charge in [0.25, 0.3) is 0 Å². The van der Waals surface area contributed by atoms with E-state index < -0.39 is 0 Å². The molecule has 1 aliphatic rings. The molecule has 1 atom stereocenters. The molecule has 3 aromatic rings. The van der Waals surface area contributed by atoms with E-state index in [-0.39, 0.29) is 17.8 Å². The Labute approximate surface area is 162 Å². The van der Waals surface area contributed by atoms with Gasteiger partial charge in [-0.3, -0.25) is 4.79 Å². The molecule has 3 heterocycles. The highest BCUT2D eigenvalue weighted by atomic mass is 32.1. The van der Waals surface area contributed by atoms with Crippen molar-refractivity contribution in [2.24, 2.45) is 0 Å². The molecule has 1 aromatic carbocycles. The fourth-order valence-electron chi connectivity index (χ4n) is 3.59. The number of carbonyl (C=O) groups is 1. The van der Waals surface area contributed by atoms with Crippen molar-refractivity contribution in [1.82, 2.24) is 9.47 Å². The van der Waals surface area contributed by atoms with Gasteiger partial charge in [-0.1, -0.05) is 18.2 Å². The molecule has 6 heteroatoms. The first-order valence-corrected chi connectivity index (χ1v) is 10.0. The second-order valence-corrected chi connectivity index (χ2v) is 7.66. The molecule has 0 N–H and O–H groups in total. The average molecular weight is 383 g/mol. The van der Waals surface area contributed by atoms with Gasteiger partial charge in [0.1, 0.15) is 5.82 Å². The first-order chi connectivity index (χ1) is 13.2. The second-order valence-electron chi connectivity index (χ2n) is 6.68. The number of halogens is 1. The van der Waals surface area contributed by atoms with E-state index in [9.17, 15) is 9.18 Å². The monoisotopic (exact) mass is 383 g/mol. The van der Waals surface area contributed by atoms with Crippen molar-refractivity contribution in [3.63, 3.8) is 0 Å². The van der Waals surface area contributed by atoms with Crippen LogP contribution in [0.3, 0.4) is 0 Å². The minimum Gasteiger partial charge on any atom is -0.366 e. The molecule has 1 amide bonds. The van der Waals surface area contributed by atoms with Gasteiger partial charge >= 0.3 is 0 Å². The number of carbonyl (C=O) groups excluding carboxylic acids is 1. The van der Waals surface area contributed by atoms with E-state index >= 15 is 0 Å². The van der Waals surface area contributed by atoms with E-state index in [1.807, 2.05) is 51.8 Å². The third-order valence-corrected chi connectivity index (χ3v) is 6.03. The number of benzene rings is 1. The van der Waals surface area contributed by atoms with Crippen LogP contribution in [0.5, 0.6) is 0 Å². The summed E-state index contributed by atoms with van der Waals surface area (Å²) in [7, 11) is 0. The van der Waals surface area contributed by atoms with E-state index in [4.69, 9.17) is 0 Å². The predicted octanol–water partition coefficient (Wildman–Crippen LogP) is 4.02. The number of piperazine rings is 1. The minimum absolute atomic E-state index is 0.0251. The lowest BCUT2D eigenvalue weighted by molar-refractivity contribution is -0.132. The van der Waals surface area contributed by atoms with Crippen LogP contribution in [-0.4, -0.2) is 41.6 Å². The highest BCUT2D eigenvalue weighted by molar-refractivity contribution is 7.10. The second kappa shape index (κ2) is 7.96. The van der Waals surface area contributed by atoms with Crippen LogP contribution in [0.25, 0.3) is 0 Å². The Bertz CT molecular complexity index is 836. The van der Waals surface area contributed by atoms with Crippen LogP contribution in [0.1, 0.15) is 17.3 Å². The molecule has 0 aliphatic carbocycles. The molecule has 1 aliphatic heterocycles. The van der Waals surface area contributed by atoms with Crippen molar-refractivity contribution in [2.45, 2.75) is 12.5 Å². The number of hydrogen-bond donors (Lipinski definition) is 0. The van der Waals surface area contributed by atoms with Crippen LogP contribution in [0.15, 0.2) is 66.3 Å². The van der Waals surface area contributed by atoms with Gasteiger partial charge in [-0.05, 0) is 35.7 Å². The lowest BCUT2D eigenvalue weighted by Gasteiger charge is -2.36. The summed E-state index contributed by atoms with van der Waals surface area (Å²) in [6.07, 6.45) is 4.45. The lowest BCUT2D eigenvalue weighted by Crippen LogP contribution is -2.49. The van der Waals surface area contributed by atoms with Crippen molar-refractivity contribution < 1.29 is 9.18 Å². The van der Waals surface area contributed by atoms with E-state index in [1.54, 1.807) is 23.5 Å². The third-order valence-electron chi connectivity index (χ3n) is 5.05. The molecule has 4 rings (SSSR count). The van der Waals surface area contributed by atoms with E-state index in [0.29, 0.717) is 38.3 Å². The maximum atomic E-state index is 14.0. The first kappa shape index (κ1) is 17.8. The Kier molecular flexibility index (Phi) is 5.25. The number of amides is 1. The fraction of sp³-hybridized carbons (Fsp3) is 0.286. The van der Waals surface area contributed by atoms with Gasteiger partial charge < -0.3 is 14.4 Å². The largest absolute Gasteiger partial charge is 0.366 e. The molecule has 140 valence electrons. The van der Waals surface area contributed by atoms with E-state index in [0.717, 1.165) is 0 Å². The van der Waals surface area contributed by atoms with E-state index in [2.05, 4.69) is 10.6 Å². The molecule has 1 unspecified atom stereocenters. The summed E-state index contributed by atoms with van der Waals surface area (Å²) in [5.74, 6) is -0.0575. The van der Waals surface area contributed by atoms with E-state index in [1.165, 1.54) is 10.9 Å². The Balaban J connectivity index is 1.41. The number of para-hydroxylation sites is 1. The summed E-state index contributed by atoms with van der Waals surface area (Å²) >= 11 is 1.68. The third kappa shape index (κ3) is 3.90. The Morgan fingerprint density at radius 1 is 1.00 bits per heavy atom. The van der Waals surface area contributed by atoms with Crippen molar-refractivity contribution in [3.8, 4) is 0 Å². The van der Waals surface area contributed by atoms with Gasteiger partial charge in [0, 0.05) is 43.4 Å². The summed E-state index contributed by atoms with van der Waals surface area (Å²) in [5.41, 5.74) is 0.619. The zero-order valence-electron chi connectivity index (χ0n) is 15.0. The van der Waals surface area contributed by atoms with Gasteiger partial charge in [0.2, 0.25) is 5.91 Å². The zero-order valence-corrected chi connectivity index (χ0v) is 15.8. The zero-order chi connectivity index (χ0) is 18.6. The molecule has 2 aromatic heterocycles. The number of hydrogen-bond acceptors (Lipinski definition) is 3. The number of anilines is 1. The molecular formula is C21H22FN3OS. The number of nitrogens with zero attached hydrogens (tertiary/aromatic N) is 3. The van der Waals surface area contributed by atoms with Crippen LogP contribution in [0.4, 0.5) is 10.1 Å². The molecule has 0 bridgehead atoms. The minimum atomic E-state index is -0.206. The Hall–Kier alpha value is -2.60. The Morgan fingerprint density at radius 2 is 1.74 bits per heavy atom. The van der Waals surface area contributed by atoms with Crippen LogP contribution >= 0.6 is 11.3 Å². The van der Waals surface area contributed by atoms with Crippen molar-refractivity contribution >= 4 is 22.9 Å². The Morgan fingerprint density at radius 3 is 2.41 bits per heavy atom. The summed E-state index contributed by atoms with van der Waals surface area (Å²) in [5, 5.41) is 2.05. The summed E-state index contributed by atoms with van der Waals surface area (Å²) in [4.78, 5) is 18.0. The lowest BCUT2D eigenvalue weighted by atomic mass is 10.1. The van der Waals surface area contributed by atoms with Crippen LogP contribution in [-0.2, 0) is 4.79 Å². The molecule has 1 fully saturated rings. The molecule has 27 heavy (non-hydrogen) atoms. The van der Waals surface area contributed by atoms with Crippen molar-refractivity contribution in [1.29, 1.82) is 0 Å². The maximum Gasteiger partial charge on any atom is 0.225 e. The van der Waals surface area contributed by atoms with Crippen LogP contribution < -0.4 is 4.90 Å². The maximum absolute atomic E-state index is 14.0. The van der Waals surface area contributed by atoms with Gasteiger partial charge in [-0.2, -0.15) is 0 Å². The van der Waals surface area contributed by atoms with Crippen LogP contribution in [0.2, 0.25) is 0 Å². The standard InChI is InChI=1S/C21H22FN3OS/c22-17-6-1-2-7-18(17)24-11-13-25(14-12-24)21(26)16-19(20-8-5-15-27-20)23-9-3-4-10-23/h1-10,15,19H,11-14,16H2. The molecule has 1 saturated heterocycles. The topological polar surface area (TPSA) is 28.5 Å². The summed E-state index contributed by atoms with van der Waals surface area (Å²) < 4.78 is 16.1. The predicted molar refractivity (Wildman–Crippen MR) is 107 cm³/mol.